The summed E-state index contributed by atoms with van der Waals surface area (Å²) < 4.78 is 0. The van der Waals surface area contributed by atoms with Crippen molar-refractivity contribution < 1.29 is 9.59 Å². The standard InChI is InChI=1S/C22H29N5O2/c1-4-9-23-21(28)17-6-5-16(2)19(14-17)25-20-8-7-18(15-24-20)22(29)27-12-10-26(3)11-13-27/h5-8,14-15H,4,9-13H2,1-3H3,(H,23,28)(H,24,25). The van der Waals surface area contributed by atoms with Gasteiger partial charge in [-0.2, -0.15) is 0 Å². The van der Waals surface area contributed by atoms with Gasteiger partial charge in [0.05, 0.1) is 5.56 Å². The van der Waals surface area contributed by atoms with E-state index in [-0.39, 0.29) is 11.8 Å². The van der Waals surface area contributed by atoms with Crippen LogP contribution < -0.4 is 10.6 Å². The van der Waals surface area contributed by atoms with Gasteiger partial charge in [0, 0.05) is 50.2 Å². The number of nitrogens with zero attached hydrogens (tertiary/aromatic N) is 3. The second-order valence-electron chi connectivity index (χ2n) is 7.44. The molecular weight excluding hydrogens is 366 g/mol. The number of nitrogens with one attached hydrogen (secondary N) is 2. The normalized spacial score (nSPS) is 14.5. The molecule has 7 heteroatoms. The van der Waals surface area contributed by atoms with E-state index in [1.807, 2.05) is 36.9 Å². The molecule has 7 nitrogen and oxygen atoms in total. The zero-order chi connectivity index (χ0) is 20.8. The van der Waals surface area contributed by atoms with Crippen molar-refractivity contribution in [2.45, 2.75) is 20.3 Å². The Kier molecular flexibility index (Phi) is 6.82. The maximum atomic E-state index is 12.6. The Bertz CT molecular complexity index is 858. The SMILES string of the molecule is CCCNC(=O)c1ccc(C)c(Nc2ccc(C(=O)N3CCN(C)CC3)cn2)c1. The first kappa shape index (κ1) is 20.8. The van der Waals surface area contributed by atoms with Crippen LogP contribution in [0.15, 0.2) is 36.5 Å². The van der Waals surface area contributed by atoms with E-state index >= 15 is 0 Å². The van der Waals surface area contributed by atoms with Gasteiger partial charge in [-0.05, 0) is 50.2 Å². The summed E-state index contributed by atoms with van der Waals surface area (Å²) in [7, 11) is 2.06. The minimum atomic E-state index is -0.0871. The van der Waals surface area contributed by atoms with Crippen molar-refractivity contribution in [2.75, 3.05) is 45.1 Å². The van der Waals surface area contributed by atoms with Gasteiger partial charge in [-0.15, -0.1) is 0 Å². The van der Waals surface area contributed by atoms with Gasteiger partial charge >= 0.3 is 0 Å². The monoisotopic (exact) mass is 395 g/mol. The van der Waals surface area contributed by atoms with Gasteiger partial charge in [-0.25, -0.2) is 4.98 Å². The van der Waals surface area contributed by atoms with E-state index in [9.17, 15) is 9.59 Å². The summed E-state index contributed by atoms with van der Waals surface area (Å²) in [4.78, 5) is 33.3. The van der Waals surface area contributed by atoms with Gasteiger partial charge in [0.25, 0.3) is 11.8 Å². The number of hydrogen-bond acceptors (Lipinski definition) is 5. The van der Waals surface area contributed by atoms with Crippen LogP contribution in [0.25, 0.3) is 0 Å². The Labute approximate surface area is 172 Å². The lowest BCUT2D eigenvalue weighted by molar-refractivity contribution is 0.0663. The van der Waals surface area contributed by atoms with E-state index in [0.29, 0.717) is 23.5 Å². The molecule has 1 fully saturated rings. The third-order valence-corrected chi connectivity index (χ3v) is 5.10. The molecule has 0 spiro atoms. The molecule has 1 aliphatic rings. The van der Waals surface area contributed by atoms with Crippen molar-refractivity contribution in [1.29, 1.82) is 0 Å². The molecule has 2 aromatic rings. The smallest absolute Gasteiger partial charge is 0.255 e. The molecule has 3 rings (SSSR count). The topological polar surface area (TPSA) is 77.6 Å². The van der Waals surface area contributed by atoms with Crippen molar-refractivity contribution in [3.8, 4) is 0 Å². The third kappa shape index (κ3) is 5.32. The number of amides is 2. The van der Waals surface area contributed by atoms with E-state index in [2.05, 4.69) is 27.6 Å². The molecule has 1 aromatic heterocycles. The molecule has 0 bridgehead atoms. The van der Waals surface area contributed by atoms with Crippen LogP contribution in [0.3, 0.4) is 0 Å². The number of aromatic nitrogens is 1. The molecule has 2 heterocycles. The maximum absolute atomic E-state index is 12.6. The van der Waals surface area contributed by atoms with Crippen molar-refractivity contribution in [2.24, 2.45) is 0 Å². The Morgan fingerprint density at radius 3 is 2.45 bits per heavy atom. The van der Waals surface area contributed by atoms with Crippen LogP contribution in [-0.4, -0.2) is 66.4 Å². The highest BCUT2D eigenvalue weighted by Crippen LogP contribution is 2.21. The van der Waals surface area contributed by atoms with E-state index in [0.717, 1.165) is 43.9 Å². The van der Waals surface area contributed by atoms with Crippen LogP contribution in [0, 0.1) is 6.92 Å². The summed E-state index contributed by atoms with van der Waals surface area (Å²) in [6.45, 7) is 7.90. The molecule has 0 radical (unpaired) electrons. The molecule has 0 saturated carbocycles. The number of carbonyl (C=O) groups excluding carboxylic acids is 2. The summed E-state index contributed by atoms with van der Waals surface area (Å²) in [5.41, 5.74) is 3.02. The first-order chi connectivity index (χ1) is 14.0. The average Bonchev–Trinajstić information content (AvgIpc) is 2.74. The summed E-state index contributed by atoms with van der Waals surface area (Å²) in [6.07, 6.45) is 2.50. The van der Waals surface area contributed by atoms with Gasteiger partial charge in [0.15, 0.2) is 0 Å². The summed E-state index contributed by atoms with van der Waals surface area (Å²) in [5, 5.41) is 6.14. The van der Waals surface area contributed by atoms with Crippen molar-refractivity contribution in [3.05, 3.63) is 53.2 Å². The molecule has 1 aromatic carbocycles. The third-order valence-electron chi connectivity index (χ3n) is 5.10. The molecule has 154 valence electrons. The second-order valence-corrected chi connectivity index (χ2v) is 7.44. The van der Waals surface area contributed by atoms with Crippen LogP contribution >= 0.6 is 0 Å². The number of pyridine rings is 1. The lowest BCUT2D eigenvalue weighted by atomic mass is 10.1. The molecular formula is C22H29N5O2. The number of carbonyl (C=O) groups is 2. The molecule has 0 atom stereocenters. The second kappa shape index (κ2) is 9.52. The van der Waals surface area contributed by atoms with E-state index in [1.54, 1.807) is 18.3 Å². The molecule has 0 unspecified atom stereocenters. The summed E-state index contributed by atoms with van der Waals surface area (Å²) in [6, 6.07) is 9.15. The number of piperazine rings is 1. The van der Waals surface area contributed by atoms with Gasteiger partial charge in [-0.1, -0.05) is 13.0 Å². The van der Waals surface area contributed by atoms with Gasteiger partial charge < -0.3 is 20.4 Å². The number of rotatable bonds is 6. The minimum absolute atomic E-state index is 0.0166. The fraction of sp³-hybridized carbons (Fsp3) is 0.409. The fourth-order valence-electron chi connectivity index (χ4n) is 3.16. The number of aryl methyl sites for hydroxylation is 1. The number of anilines is 2. The number of hydrogen-bond donors (Lipinski definition) is 2. The predicted molar refractivity (Wildman–Crippen MR) is 115 cm³/mol. The summed E-state index contributed by atoms with van der Waals surface area (Å²) >= 11 is 0. The zero-order valence-corrected chi connectivity index (χ0v) is 17.4. The average molecular weight is 396 g/mol. The molecule has 2 N–H and O–H groups in total. The fourth-order valence-corrected chi connectivity index (χ4v) is 3.16. The Balaban J connectivity index is 1.68. The highest BCUT2D eigenvalue weighted by atomic mass is 16.2. The maximum Gasteiger partial charge on any atom is 0.255 e. The van der Waals surface area contributed by atoms with Crippen LogP contribution in [0.4, 0.5) is 11.5 Å². The van der Waals surface area contributed by atoms with E-state index in [4.69, 9.17) is 0 Å². The van der Waals surface area contributed by atoms with Gasteiger partial charge in [0.2, 0.25) is 0 Å². The quantitative estimate of drug-likeness (QED) is 0.786. The van der Waals surface area contributed by atoms with Crippen LogP contribution in [-0.2, 0) is 0 Å². The molecule has 2 amide bonds. The first-order valence-electron chi connectivity index (χ1n) is 10.1. The Morgan fingerprint density at radius 2 is 1.79 bits per heavy atom. The Morgan fingerprint density at radius 1 is 1.07 bits per heavy atom. The van der Waals surface area contributed by atoms with Crippen LogP contribution in [0.5, 0.6) is 0 Å². The highest BCUT2D eigenvalue weighted by Gasteiger charge is 2.20. The molecule has 0 aliphatic carbocycles. The van der Waals surface area contributed by atoms with Crippen LogP contribution in [0.1, 0.15) is 39.6 Å². The van der Waals surface area contributed by atoms with Gasteiger partial charge in [0.1, 0.15) is 5.82 Å². The van der Waals surface area contributed by atoms with Crippen molar-refractivity contribution in [3.63, 3.8) is 0 Å². The highest BCUT2D eigenvalue weighted by molar-refractivity contribution is 5.96. The number of benzene rings is 1. The minimum Gasteiger partial charge on any atom is -0.352 e. The van der Waals surface area contributed by atoms with E-state index < -0.39 is 0 Å². The van der Waals surface area contributed by atoms with Gasteiger partial charge in [-0.3, -0.25) is 9.59 Å². The zero-order valence-electron chi connectivity index (χ0n) is 17.4. The van der Waals surface area contributed by atoms with E-state index in [1.165, 1.54) is 0 Å². The number of likely N-dealkylation sites (N-methyl/N-ethyl adjacent to an activating group) is 1. The Hall–Kier alpha value is -2.93. The van der Waals surface area contributed by atoms with Crippen LogP contribution in [0.2, 0.25) is 0 Å². The summed E-state index contributed by atoms with van der Waals surface area (Å²) in [5.74, 6) is 0.563. The molecule has 1 saturated heterocycles. The lowest BCUT2D eigenvalue weighted by Gasteiger charge is -2.32. The predicted octanol–water partition coefficient (Wildman–Crippen LogP) is 2.66. The van der Waals surface area contributed by atoms with Crippen molar-refractivity contribution >= 4 is 23.3 Å². The van der Waals surface area contributed by atoms with Crippen molar-refractivity contribution in [1.82, 2.24) is 20.1 Å². The molecule has 1 aliphatic heterocycles. The molecule has 29 heavy (non-hydrogen) atoms. The first-order valence-corrected chi connectivity index (χ1v) is 10.1. The largest absolute Gasteiger partial charge is 0.352 e. The lowest BCUT2D eigenvalue weighted by Crippen LogP contribution is -2.47.